The van der Waals surface area contributed by atoms with Crippen LogP contribution >= 0.6 is 23.2 Å². The Labute approximate surface area is 144 Å². The Kier molecular flexibility index (Phi) is 5.89. The van der Waals surface area contributed by atoms with Crippen molar-refractivity contribution in [1.29, 1.82) is 0 Å². The van der Waals surface area contributed by atoms with Gasteiger partial charge in [0, 0.05) is 16.5 Å². The largest absolute Gasteiger partial charge is 0.273 e. The van der Waals surface area contributed by atoms with E-state index in [0.29, 0.717) is 22.0 Å². The van der Waals surface area contributed by atoms with Crippen molar-refractivity contribution in [3.05, 3.63) is 33.8 Å². The molecular weight excluding hydrogens is 363 g/mol. The van der Waals surface area contributed by atoms with E-state index in [1.165, 1.54) is 6.07 Å². The van der Waals surface area contributed by atoms with Crippen LogP contribution in [-0.4, -0.2) is 31.7 Å². The van der Waals surface area contributed by atoms with Crippen LogP contribution in [0.4, 0.5) is 0 Å². The summed E-state index contributed by atoms with van der Waals surface area (Å²) in [6.45, 7) is 0. The van der Waals surface area contributed by atoms with E-state index in [-0.39, 0.29) is 30.3 Å². The van der Waals surface area contributed by atoms with Crippen molar-refractivity contribution in [2.45, 2.75) is 19.3 Å². The van der Waals surface area contributed by atoms with Gasteiger partial charge in [0.25, 0.3) is 0 Å². The van der Waals surface area contributed by atoms with Crippen molar-refractivity contribution in [2.75, 3.05) is 11.5 Å². The zero-order valence-electron chi connectivity index (χ0n) is 12.1. The Bertz CT molecular complexity index is 721. The molecule has 0 aliphatic carbocycles. The second kappa shape index (κ2) is 7.51. The molecule has 1 atom stereocenters. The Morgan fingerprint density at radius 2 is 1.87 bits per heavy atom. The predicted molar refractivity (Wildman–Crippen MR) is 87.8 cm³/mol. The van der Waals surface area contributed by atoms with Gasteiger partial charge in [0.15, 0.2) is 9.84 Å². The number of carbonyl (C=O) groups is 2. The van der Waals surface area contributed by atoms with E-state index in [0.717, 1.165) is 0 Å². The summed E-state index contributed by atoms with van der Waals surface area (Å²) < 4.78 is 22.6. The third kappa shape index (κ3) is 5.67. The summed E-state index contributed by atoms with van der Waals surface area (Å²) in [5, 5.41) is 0.842. The molecule has 1 aliphatic rings. The molecule has 0 radical (unpaired) electrons. The molecule has 23 heavy (non-hydrogen) atoms. The summed E-state index contributed by atoms with van der Waals surface area (Å²) in [7, 11) is -3.01. The van der Waals surface area contributed by atoms with Crippen LogP contribution in [0.25, 0.3) is 0 Å². The van der Waals surface area contributed by atoms with Gasteiger partial charge in [0.1, 0.15) is 0 Å². The van der Waals surface area contributed by atoms with Crippen LogP contribution in [0.1, 0.15) is 18.4 Å². The van der Waals surface area contributed by atoms with Crippen LogP contribution in [0.2, 0.25) is 10.0 Å². The molecule has 1 saturated heterocycles. The number of sulfone groups is 1. The van der Waals surface area contributed by atoms with Crippen molar-refractivity contribution < 1.29 is 18.0 Å². The lowest BCUT2D eigenvalue weighted by molar-refractivity contribution is -0.129. The highest BCUT2D eigenvalue weighted by atomic mass is 35.5. The standard InChI is InChI=1S/C14H16Cl2N2O4S/c15-11-2-1-10(12(16)7-11)6-14(20)18-17-13(19)5-9-3-4-23(21,22)8-9/h1-2,7,9H,3-6,8H2,(H,17,19)(H,18,20). The van der Waals surface area contributed by atoms with E-state index in [4.69, 9.17) is 23.2 Å². The fourth-order valence-electron chi connectivity index (χ4n) is 2.37. The summed E-state index contributed by atoms with van der Waals surface area (Å²) in [6.07, 6.45) is 0.541. The van der Waals surface area contributed by atoms with Gasteiger partial charge in [-0.2, -0.15) is 0 Å². The highest BCUT2D eigenvalue weighted by Crippen LogP contribution is 2.22. The molecule has 9 heteroatoms. The van der Waals surface area contributed by atoms with Crippen molar-refractivity contribution in [1.82, 2.24) is 10.9 Å². The van der Waals surface area contributed by atoms with Crippen LogP contribution in [0, 0.1) is 5.92 Å². The topological polar surface area (TPSA) is 92.3 Å². The molecule has 1 heterocycles. The number of benzene rings is 1. The molecule has 6 nitrogen and oxygen atoms in total. The third-order valence-electron chi connectivity index (χ3n) is 3.51. The molecule has 0 saturated carbocycles. The van der Waals surface area contributed by atoms with E-state index in [1.807, 2.05) is 0 Å². The molecule has 0 spiro atoms. The third-order valence-corrected chi connectivity index (χ3v) is 5.93. The summed E-state index contributed by atoms with van der Waals surface area (Å²) in [4.78, 5) is 23.5. The van der Waals surface area contributed by atoms with Gasteiger partial charge in [0.2, 0.25) is 11.8 Å². The minimum absolute atomic E-state index is 0.00586. The fourth-order valence-corrected chi connectivity index (χ4v) is 4.71. The smallest absolute Gasteiger partial charge is 0.242 e. The van der Waals surface area contributed by atoms with E-state index >= 15 is 0 Å². The van der Waals surface area contributed by atoms with Crippen molar-refractivity contribution >= 4 is 44.9 Å². The van der Waals surface area contributed by atoms with E-state index in [1.54, 1.807) is 12.1 Å². The molecule has 2 rings (SSSR count). The molecule has 1 aliphatic heterocycles. The van der Waals surface area contributed by atoms with Crippen LogP contribution in [0.15, 0.2) is 18.2 Å². The average Bonchev–Trinajstić information content (AvgIpc) is 2.79. The monoisotopic (exact) mass is 378 g/mol. The fraction of sp³-hybridized carbons (Fsp3) is 0.429. The highest BCUT2D eigenvalue weighted by molar-refractivity contribution is 7.91. The highest BCUT2D eigenvalue weighted by Gasteiger charge is 2.29. The lowest BCUT2D eigenvalue weighted by Gasteiger charge is -2.10. The molecule has 1 aromatic carbocycles. The first-order valence-corrected chi connectivity index (χ1v) is 9.55. The SMILES string of the molecule is O=C(Cc1ccc(Cl)cc1Cl)NNC(=O)CC1CCS(=O)(=O)C1. The predicted octanol–water partition coefficient (Wildman–Crippen LogP) is 1.51. The molecule has 126 valence electrons. The maximum atomic E-state index is 11.8. The Morgan fingerprint density at radius 1 is 1.17 bits per heavy atom. The van der Waals surface area contributed by atoms with Gasteiger partial charge in [0.05, 0.1) is 17.9 Å². The number of halogens is 2. The minimum Gasteiger partial charge on any atom is -0.273 e. The zero-order chi connectivity index (χ0) is 17.0. The van der Waals surface area contributed by atoms with Crippen LogP contribution in [0.5, 0.6) is 0 Å². The lowest BCUT2D eigenvalue weighted by Crippen LogP contribution is -2.43. The second-order valence-electron chi connectivity index (χ2n) is 5.48. The zero-order valence-corrected chi connectivity index (χ0v) is 14.5. The summed E-state index contributed by atoms with van der Waals surface area (Å²) in [5.41, 5.74) is 5.16. The van der Waals surface area contributed by atoms with Crippen LogP contribution < -0.4 is 10.9 Å². The van der Waals surface area contributed by atoms with Gasteiger partial charge in [-0.05, 0) is 30.0 Å². The Morgan fingerprint density at radius 3 is 2.48 bits per heavy atom. The van der Waals surface area contributed by atoms with Crippen LogP contribution in [-0.2, 0) is 25.8 Å². The molecule has 1 fully saturated rings. The maximum absolute atomic E-state index is 11.8. The average molecular weight is 379 g/mol. The summed E-state index contributed by atoms with van der Waals surface area (Å²) >= 11 is 11.7. The molecule has 1 aromatic rings. The van der Waals surface area contributed by atoms with E-state index in [2.05, 4.69) is 10.9 Å². The number of amides is 2. The van der Waals surface area contributed by atoms with Gasteiger partial charge < -0.3 is 0 Å². The van der Waals surface area contributed by atoms with E-state index < -0.39 is 21.7 Å². The number of hydrazine groups is 1. The maximum Gasteiger partial charge on any atom is 0.242 e. The van der Waals surface area contributed by atoms with Gasteiger partial charge in [-0.3, -0.25) is 20.4 Å². The summed E-state index contributed by atoms with van der Waals surface area (Å²) in [6, 6.07) is 4.79. The first kappa shape index (κ1) is 18.0. The lowest BCUT2D eigenvalue weighted by atomic mass is 10.1. The van der Waals surface area contributed by atoms with Crippen molar-refractivity contribution in [3.8, 4) is 0 Å². The summed E-state index contributed by atoms with van der Waals surface area (Å²) in [5.74, 6) is -0.895. The minimum atomic E-state index is -3.01. The Balaban J connectivity index is 1.77. The van der Waals surface area contributed by atoms with Gasteiger partial charge in [-0.1, -0.05) is 29.3 Å². The number of hydrogen-bond acceptors (Lipinski definition) is 4. The van der Waals surface area contributed by atoms with Crippen LogP contribution in [0.3, 0.4) is 0 Å². The molecule has 0 bridgehead atoms. The number of nitrogens with one attached hydrogen (secondary N) is 2. The number of hydrogen-bond donors (Lipinski definition) is 2. The first-order valence-electron chi connectivity index (χ1n) is 6.97. The molecule has 0 aromatic heterocycles. The second-order valence-corrected chi connectivity index (χ2v) is 8.55. The Hall–Kier alpha value is -1.31. The normalized spacial score (nSPS) is 19.3. The molecule has 1 unspecified atom stereocenters. The van der Waals surface area contributed by atoms with Gasteiger partial charge in [-0.25, -0.2) is 8.42 Å². The molecule has 2 amide bonds. The van der Waals surface area contributed by atoms with Crippen molar-refractivity contribution in [3.63, 3.8) is 0 Å². The van der Waals surface area contributed by atoms with Gasteiger partial charge in [-0.15, -0.1) is 0 Å². The van der Waals surface area contributed by atoms with Crippen molar-refractivity contribution in [2.24, 2.45) is 5.92 Å². The van der Waals surface area contributed by atoms with Gasteiger partial charge >= 0.3 is 0 Å². The first-order chi connectivity index (χ1) is 10.7. The molecule has 2 N–H and O–H groups in total. The van der Waals surface area contributed by atoms with E-state index in [9.17, 15) is 18.0 Å². The number of rotatable bonds is 4. The molecular formula is C14H16Cl2N2O4S. The number of carbonyl (C=O) groups excluding carboxylic acids is 2. The quantitative estimate of drug-likeness (QED) is 0.776.